The summed E-state index contributed by atoms with van der Waals surface area (Å²) in [6, 6.07) is -1.26. The number of rotatable bonds is 16. The second kappa shape index (κ2) is 32.3. The zero-order valence-electron chi connectivity index (χ0n) is 48.0. The number of fused-ring (bicyclic) bond motifs is 3. The van der Waals surface area contributed by atoms with Gasteiger partial charge in [0.2, 0.25) is 5.79 Å². The Kier molecular flexibility index (Phi) is 27.7. The summed E-state index contributed by atoms with van der Waals surface area (Å²) in [5.41, 5.74) is 0.944. The summed E-state index contributed by atoms with van der Waals surface area (Å²) in [7, 11) is 2.92. The minimum Gasteiger partial charge on any atom is -0.460 e. The molecular weight excluding hydrogens is 1060 g/mol. The SMILES string of the molecule is CO[C@@H]1C[C@H](C[C@@H](C)[C@@H]2CC(=O)[C@H](C)/C=C(\C)[C@@H](O)[C@@H](OC)C(=O)[C@H](C)C[C@H](C)\C=C/C=C/C=C(\C)C(OCCOCCOC(F)(F)C(F)(F)F)C[C@@H]3CC[C@@H](C)[C@@](O)(O3)C(=O)C(=O)N3CCCC[C@H]3C(=O)O2)CC[C@H]1OCCO. The highest BCUT2D eigenvalue weighted by molar-refractivity contribution is 6.39. The lowest BCUT2D eigenvalue weighted by Crippen LogP contribution is -2.61. The Hall–Kier alpha value is -3.84. The number of methoxy groups -OCH3 is 2. The molecule has 0 aromatic heterocycles. The van der Waals surface area contributed by atoms with E-state index in [9.17, 15) is 61.2 Å². The molecular formula is C58H88F5NO16. The molecule has 1 unspecified atom stereocenters. The van der Waals surface area contributed by atoms with E-state index in [2.05, 4.69) is 4.74 Å². The maximum absolute atomic E-state index is 14.6. The van der Waals surface area contributed by atoms with Gasteiger partial charge in [-0.2, -0.15) is 22.0 Å². The van der Waals surface area contributed by atoms with Gasteiger partial charge in [-0.25, -0.2) is 4.79 Å². The van der Waals surface area contributed by atoms with Crippen LogP contribution in [0.3, 0.4) is 0 Å². The molecule has 2 bridgehead atoms. The lowest BCUT2D eigenvalue weighted by Gasteiger charge is -2.43. The zero-order valence-corrected chi connectivity index (χ0v) is 48.0. The number of allylic oxidation sites excluding steroid dienone is 6. The predicted molar refractivity (Wildman–Crippen MR) is 283 cm³/mol. The van der Waals surface area contributed by atoms with Crippen LogP contribution in [0.1, 0.15) is 126 Å². The highest BCUT2D eigenvalue weighted by Crippen LogP contribution is 2.39. The lowest BCUT2D eigenvalue weighted by atomic mass is 9.78. The fourth-order valence-corrected chi connectivity index (χ4v) is 11.1. The van der Waals surface area contributed by atoms with Gasteiger partial charge >= 0.3 is 18.3 Å². The number of alkyl halides is 5. The van der Waals surface area contributed by atoms with Crippen molar-refractivity contribution in [3.63, 3.8) is 0 Å². The molecule has 4 aliphatic rings. The molecule has 1 amide bonds. The molecule has 456 valence electrons. The fraction of sp³-hybridized carbons (Fsp3) is 0.776. The minimum absolute atomic E-state index is 0.0228. The van der Waals surface area contributed by atoms with E-state index >= 15 is 0 Å². The first-order chi connectivity index (χ1) is 37.7. The number of carbonyl (C=O) groups excluding carboxylic acids is 5. The molecule has 0 aromatic rings. The zero-order chi connectivity index (χ0) is 59.5. The van der Waals surface area contributed by atoms with Gasteiger partial charge in [-0.1, -0.05) is 71.1 Å². The molecule has 4 rings (SSSR count). The van der Waals surface area contributed by atoms with Gasteiger partial charge in [0.15, 0.2) is 5.78 Å². The summed E-state index contributed by atoms with van der Waals surface area (Å²) in [6.45, 7) is 10.0. The van der Waals surface area contributed by atoms with Crippen molar-refractivity contribution in [2.45, 2.75) is 192 Å². The van der Waals surface area contributed by atoms with Gasteiger partial charge in [-0.15, -0.1) is 0 Å². The van der Waals surface area contributed by atoms with Crippen molar-refractivity contribution in [1.82, 2.24) is 4.90 Å². The number of aliphatic hydroxyl groups excluding tert-OH is 2. The Balaban J connectivity index is 1.68. The number of amides is 1. The van der Waals surface area contributed by atoms with Gasteiger partial charge < -0.3 is 58.1 Å². The van der Waals surface area contributed by atoms with Crippen LogP contribution in [0, 0.1) is 35.5 Å². The molecule has 3 fully saturated rings. The van der Waals surface area contributed by atoms with Crippen molar-refractivity contribution < 1.29 is 99.1 Å². The maximum atomic E-state index is 14.6. The van der Waals surface area contributed by atoms with Crippen molar-refractivity contribution in [2.75, 3.05) is 60.4 Å². The summed E-state index contributed by atoms with van der Waals surface area (Å²) in [4.78, 5) is 72.7. The van der Waals surface area contributed by atoms with E-state index in [1.165, 1.54) is 7.11 Å². The van der Waals surface area contributed by atoms with Crippen LogP contribution in [0.2, 0.25) is 0 Å². The first-order valence-electron chi connectivity index (χ1n) is 28.2. The monoisotopic (exact) mass is 1150 g/mol. The Labute approximate surface area is 467 Å². The molecule has 1 aliphatic carbocycles. The van der Waals surface area contributed by atoms with Crippen LogP contribution < -0.4 is 0 Å². The van der Waals surface area contributed by atoms with Crippen molar-refractivity contribution in [3.8, 4) is 0 Å². The topological polar surface area (TPSA) is 223 Å². The number of nitrogens with zero attached hydrogens (tertiary/aromatic N) is 1. The standard InChI is InChI=1S/C58H88F5NO16/c1-35-15-11-10-12-16-36(2)47(77-27-25-75-26-28-78-58(62,63)57(59,60)61)33-43-20-18-41(7)56(72,80-43)53(69)54(70)64-22-14-13-17-44(64)55(71)79-48(38(4)31-42-19-21-46(76-24-23-65)49(32-42)73-8)34-45(66)37(3)30-40(6)51(68)52(74-9)50(67)39(5)29-35/h10-12,15-16,30,35,37-39,41-44,46-49,51-52,65,68,72H,13-14,17-29,31-34H2,1-9H3/b12-10+,15-11-,36-16+,40-30+/t35-,37-,38-,39-,41-,42+,43+,44+,46-,47?,48+,49-,51-,52+,56-/m1/s1. The van der Waals surface area contributed by atoms with E-state index in [1.807, 2.05) is 19.9 Å². The Morgan fingerprint density at radius 1 is 0.812 bits per heavy atom. The third-order valence-electron chi connectivity index (χ3n) is 16.0. The number of hydrogen-bond donors (Lipinski definition) is 3. The number of esters is 1. The average Bonchev–Trinajstić information content (AvgIpc) is 3.43. The number of cyclic esters (lactones) is 1. The minimum atomic E-state index is -5.90. The summed E-state index contributed by atoms with van der Waals surface area (Å²) >= 11 is 0. The van der Waals surface area contributed by atoms with Crippen molar-refractivity contribution >= 4 is 29.2 Å². The van der Waals surface area contributed by atoms with Crippen molar-refractivity contribution in [2.24, 2.45) is 35.5 Å². The van der Waals surface area contributed by atoms with E-state index in [0.717, 1.165) is 11.3 Å². The lowest BCUT2D eigenvalue weighted by molar-refractivity contribution is -0.392. The molecule has 0 radical (unpaired) electrons. The van der Waals surface area contributed by atoms with Crippen LogP contribution in [-0.2, 0) is 61.9 Å². The first kappa shape index (κ1) is 68.7. The van der Waals surface area contributed by atoms with Crippen molar-refractivity contribution in [3.05, 3.63) is 47.6 Å². The van der Waals surface area contributed by atoms with Crippen LogP contribution in [0.5, 0.6) is 0 Å². The van der Waals surface area contributed by atoms with Gasteiger partial charge in [-0.3, -0.25) is 19.2 Å². The van der Waals surface area contributed by atoms with E-state index in [4.69, 9.17) is 33.2 Å². The smallest absolute Gasteiger partial charge is 0.460 e. The second-order valence-electron chi connectivity index (χ2n) is 22.3. The highest BCUT2D eigenvalue weighted by atomic mass is 19.4. The van der Waals surface area contributed by atoms with Crippen LogP contribution in [-0.4, -0.2) is 177 Å². The van der Waals surface area contributed by atoms with Crippen molar-refractivity contribution in [1.29, 1.82) is 0 Å². The molecule has 2 saturated heterocycles. The third kappa shape index (κ3) is 19.6. The average molecular weight is 1150 g/mol. The number of halogens is 5. The van der Waals surface area contributed by atoms with Crippen LogP contribution in [0.25, 0.3) is 0 Å². The Morgan fingerprint density at radius 3 is 2.20 bits per heavy atom. The number of hydrogen-bond acceptors (Lipinski definition) is 16. The Morgan fingerprint density at radius 2 is 1.52 bits per heavy atom. The summed E-state index contributed by atoms with van der Waals surface area (Å²) in [5, 5.41) is 33.1. The number of ketones is 3. The molecule has 15 atom stereocenters. The highest BCUT2D eigenvalue weighted by Gasteiger charge is 2.59. The van der Waals surface area contributed by atoms with E-state index in [0.29, 0.717) is 56.1 Å². The van der Waals surface area contributed by atoms with E-state index in [1.54, 1.807) is 72.1 Å². The molecule has 0 aromatic carbocycles. The first-order valence-corrected chi connectivity index (χ1v) is 28.2. The molecule has 3 heterocycles. The number of ether oxygens (including phenoxy) is 8. The quantitative estimate of drug-likeness (QED) is 0.0442. The summed E-state index contributed by atoms with van der Waals surface area (Å²) < 4.78 is 109. The van der Waals surface area contributed by atoms with Gasteiger partial charge in [0, 0.05) is 51.4 Å². The number of Topliss-reactive ketones (excluding diaryl/α,β-unsaturated/α-hetero) is 3. The molecule has 80 heavy (non-hydrogen) atoms. The van der Waals surface area contributed by atoms with E-state index in [-0.39, 0.29) is 94.3 Å². The summed E-state index contributed by atoms with van der Waals surface area (Å²) in [6.07, 6.45) is -2.37. The predicted octanol–water partition coefficient (Wildman–Crippen LogP) is 7.76. The van der Waals surface area contributed by atoms with Gasteiger partial charge in [0.1, 0.15) is 30.1 Å². The largest absolute Gasteiger partial charge is 0.482 e. The van der Waals surface area contributed by atoms with Gasteiger partial charge in [0.05, 0.1) is 64.1 Å². The molecule has 22 heteroatoms. The number of carbonyl (C=O) groups is 5. The van der Waals surface area contributed by atoms with Gasteiger partial charge in [-0.05, 0) is 107 Å². The molecule has 3 aliphatic heterocycles. The molecule has 3 N–H and O–H groups in total. The maximum Gasteiger partial charge on any atom is 0.482 e. The van der Waals surface area contributed by atoms with Crippen LogP contribution in [0.15, 0.2) is 47.6 Å². The van der Waals surface area contributed by atoms with Crippen LogP contribution >= 0.6 is 0 Å². The van der Waals surface area contributed by atoms with Gasteiger partial charge in [0.25, 0.3) is 11.7 Å². The molecule has 17 nitrogen and oxygen atoms in total. The van der Waals surface area contributed by atoms with Crippen LogP contribution in [0.4, 0.5) is 22.0 Å². The summed E-state index contributed by atoms with van der Waals surface area (Å²) in [5.74, 6) is -9.27. The number of piperidine rings is 1. The third-order valence-corrected chi connectivity index (χ3v) is 16.0. The normalized spacial score (nSPS) is 35.5. The Bertz CT molecular complexity index is 2140. The fourth-order valence-electron chi connectivity index (χ4n) is 11.1. The second-order valence-corrected chi connectivity index (χ2v) is 22.3. The molecule has 0 spiro atoms. The molecule has 1 saturated carbocycles. The number of aliphatic hydroxyl groups is 3. The van der Waals surface area contributed by atoms with E-state index < -0.39 is 109 Å².